The molecule has 1 heterocycles. The molecule has 5 heteroatoms. The molecular formula is C11H16ClNO2S. The lowest BCUT2D eigenvalue weighted by molar-refractivity contribution is 0.573. The number of pyridine rings is 1. The van der Waals surface area contributed by atoms with Gasteiger partial charge in [0.1, 0.15) is 0 Å². The number of sulfone groups is 1. The van der Waals surface area contributed by atoms with E-state index in [0.29, 0.717) is 0 Å². The molecule has 16 heavy (non-hydrogen) atoms. The van der Waals surface area contributed by atoms with Crippen molar-refractivity contribution < 1.29 is 8.42 Å². The third kappa shape index (κ3) is 3.19. The van der Waals surface area contributed by atoms with Crippen LogP contribution in [0.2, 0.25) is 0 Å². The van der Waals surface area contributed by atoms with E-state index in [1.165, 1.54) is 6.26 Å². The van der Waals surface area contributed by atoms with Gasteiger partial charge in [-0.15, -0.1) is 11.6 Å². The molecule has 0 aliphatic carbocycles. The van der Waals surface area contributed by atoms with Gasteiger partial charge in [-0.05, 0) is 30.5 Å². The Bertz CT molecular complexity index is 433. The minimum Gasteiger partial charge on any atom is -0.265 e. The maximum absolute atomic E-state index is 11.4. The van der Waals surface area contributed by atoms with Gasteiger partial charge >= 0.3 is 0 Å². The molecule has 0 saturated carbocycles. The first-order valence-corrected chi connectivity index (χ1v) is 7.46. The van der Waals surface area contributed by atoms with E-state index in [1.807, 2.05) is 19.1 Å². The van der Waals surface area contributed by atoms with E-state index in [0.717, 1.165) is 5.56 Å². The van der Waals surface area contributed by atoms with Gasteiger partial charge < -0.3 is 0 Å². The van der Waals surface area contributed by atoms with Crippen molar-refractivity contribution in [3.8, 4) is 0 Å². The second-order valence-corrected chi connectivity index (χ2v) is 6.95. The third-order valence-corrected chi connectivity index (χ3v) is 5.38. The summed E-state index contributed by atoms with van der Waals surface area (Å²) in [6.07, 6.45) is 4.58. The predicted molar refractivity (Wildman–Crippen MR) is 66.6 cm³/mol. The molecule has 3 atom stereocenters. The third-order valence-electron chi connectivity index (χ3n) is 2.83. The van der Waals surface area contributed by atoms with Crippen LogP contribution < -0.4 is 0 Å². The lowest BCUT2D eigenvalue weighted by Crippen LogP contribution is -2.30. The lowest BCUT2D eigenvalue weighted by Gasteiger charge is -2.23. The molecule has 0 bridgehead atoms. The number of nitrogens with zero attached hydrogens (tertiary/aromatic N) is 1. The molecule has 0 spiro atoms. The lowest BCUT2D eigenvalue weighted by atomic mass is 9.97. The Balaban J connectivity index is 2.87. The van der Waals surface area contributed by atoms with Crippen LogP contribution in [0.3, 0.4) is 0 Å². The molecular weight excluding hydrogens is 246 g/mol. The number of hydrogen-bond donors (Lipinski definition) is 0. The van der Waals surface area contributed by atoms with Crippen molar-refractivity contribution in [1.29, 1.82) is 0 Å². The van der Waals surface area contributed by atoms with Crippen LogP contribution in [-0.4, -0.2) is 30.3 Å². The van der Waals surface area contributed by atoms with Crippen molar-refractivity contribution in [3.05, 3.63) is 30.1 Å². The standard InChI is InChI=1S/C11H16ClNO2S/c1-8(10-4-6-13-7-5-10)11(12)9(2)16(3,14)15/h4-9,11H,1-3H3. The van der Waals surface area contributed by atoms with E-state index in [-0.39, 0.29) is 5.92 Å². The van der Waals surface area contributed by atoms with Crippen LogP contribution in [0.4, 0.5) is 0 Å². The molecule has 1 aromatic rings. The Kier molecular flexibility index (Phi) is 4.33. The predicted octanol–water partition coefficient (Wildman–Crippen LogP) is 2.23. The maximum atomic E-state index is 11.4. The highest BCUT2D eigenvalue weighted by molar-refractivity contribution is 7.91. The summed E-state index contributed by atoms with van der Waals surface area (Å²) in [6.45, 7) is 3.57. The number of hydrogen-bond acceptors (Lipinski definition) is 3. The van der Waals surface area contributed by atoms with Gasteiger partial charge in [0.05, 0.1) is 10.6 Å². The molecule has 0 amide bonds. The van der Waals surface area contributed by atoms with E-state index >= 15 is 0 Å². The van der Waals surface area contributed by atoms with Crippen molar-refractivity contribution in [2.24, 2.45) is 0 Å². The zero-order valence-electron chi connectivity index (χ0n) is 9.59. The molecule has 1 rings (SSSR count). The monoisotopic (exact) mass is 261 g/mol. The molecule has 3 nitrogen and oxygen atoms in total. The second kappa shape index (κ2) is 5.15. The van der Waals surface area contributed by atoms with Crippen molar-refractivity contribution in [3.63, 3.8) is 0 Å². The normalized spacial score (nSPS) is 17.8. The Labute approximate surface area is 102 Å². The van der Waals surface area contributed by atoms with E-state index in [4.69, 9.17) is 11.6 Å². The fraction of sp³-hybridized carbons (Fsp3) is 0.545. The van der Waals surface area contributed by atoms with Crippen molar-refractivity contribution in [1.82, 2.24) is 4.98 Å². The topological polar surface area (TPSA) is 47.0 Å². The molecule has 0 aliphatic rings. The number of alkyl halides is 1. The fourth-order valence-corrected chi connectivity index (χ4v) is 2.91. The van der Waals surface area contributed by atoms with E-state index < -0.39 is 20.5 Å². The Morgan fingerprint density at radius 3 is 2.19 bits per heavy atom. The van der Waals surface area contributed by atoms with Gasteiger partial charge in [0, 0.05) is 18.6 Å². The first-order valence-electron chi connectivity index (χ1n) is 5.07. The average Bonchev–Trinajstić information content (AvgIpc) is 2.26. The largest absolute Gasteiger partial charge is 0.265 e. The van der Waals surface area contributed by atoms with Crippen LogP contribution in [0.5, 0.6) is 0 Å². The summed E-state index contributed by atoms with van der Waals surface area (Å²) in [4.78, 5) is 3.92. The van der Waals surface area contributed by atoms with Gasteiger partial charge in [-0.1, -0.05) is 6.92 Å². The van der Waals surface area contributed by atoms with Crippen LogP contribution in [0.25, 0.3) is 0 Å². The van der Waals surface area contributed by atoms with Gasteiger partial charge in [0.15, 0.2) is 9.84 Å². The van der Waals surface area contributed by atoms with Crippen molar-refractivity contribution in [2.45, 2.75) is 30.4 Å². The molecule has 0 fully saturated rings. The average molecular weight is 262 g/mol. The maximum Gasteiger partial charge on any atom is 0.151 e. The molecule has 0 N–H and O–H groups in total. The summed E-state index contributed by atoms with van der Waals surface area (Å²) in [5.74, 6) is -0.0191. The van der Waals surface area contributed by atoms with Gasteiger partial charge in [-0.2, -0.15) is 0 Å². The summed E-state index contributed by atoms with van der Waals surface area (Å²) in [5, 5.41) is -0.991. The van der Waals surface area contributed by atoms with Gasteiger partial charge in [0.25, 0.3) is 0 Å². The first-order chi connectivity index (χ1) is 7.34. The highest BCUT2D eigenvalue weighted by Gasteiger charge is 2.29. The molecule has 1 aromatic heterocycles. The van der Waals surface area contributed by atoms with E-state index in [9.17, 15) is 8.42 Å². The number of halogens is 1. The van der Waals surface area contributed by atoms with E-state index in [2.05, 4.69) is 4.98 Å². The minimum atomic E-state index is -3.10. The zero-order valence-corrected chi connectivity index (χ0v) is 11.2. The van der Waals surface area contributed by atoms with Gasteiger partial charge in [0.2, 0.25) is 0 Å². The van der Waals surface area contributed by atoms with Crippen molar-refractivity contribution >= 4 is 21.4 Å². The van der Waals surface area contributed by atoms with Crippen LogP contribution in [0, 0.1) is 0 Å². The fourth-order valence-electron chi connectivity index (χ4n) is 1.49. The summed E-state index contributed by atoms with van der Waals surface area (Å²) >= 11 is 6.20. The van der Waals surface area contributed by atoms with Crippen LogP contribution >= 0.6 is 11.6 Å². The minimum absolute atomic E-state index is 0.0191. The molecule has 3 unspecified atom stereocenters. The molecule has 0 saturated heterocycles. The molecule has 0 aromatic carbocycles. The Hall–Kier alpha value is -0.610. The van der Waals surface area contributed by atoms with Crippen LogP contribution in [0.15, 0.2) is 24.5 Å². The SMILES string of the molecule is CC(c1ccncc1)C(Cl)C(C)S(C)(=O)=O. The summed E-state index contributed by atoms with van der Waals surface area (Å²) in [7, 11) is -3.10. The molecule has 90 valence electrons. The van der Waals surface area contributed by atoms with Crippen molar-refractivity contribution in [2.75, 3.05) is 6.26 Å². The molecule has 0 aliphatic heterocycles. The highest BCUT2D eigenvalue weighted by atomic mass is 35.5. The van der Waals surface area contributed by atoms with Gasteiger partial charge in [-0.3, -0.25) is 4.98 Å². The van der Waals surface area contributed by atoms with Gasteiger partial charge in [-0.25, -0.2) is 8.42 Å². The number of aromatic nitrogens is 1. The Morgan fingerprint density at radius 2 is 1.75 bits per heavy atom. The zero-order chi connectivity index (χ0) is 12.3. The number of rotatable bonds is 4. The first kappa shape index (κ1) is 13.5. The summed E-state index contributed by atoms with van der Waals surface area (Å²) < 4.78 is 22.8. The second-order valence-electron chi connectivity index (χ2n) is 4.05. The smallest absolute Gasteiger partial charge is 0.151 e. The summed E-state index contributed by atoms with van der Waals surface area (Å²) in [5.41, 5.74) is 1.01. The van der Waals surface area contributed by atoms with Crippen LogP contribution in [0.1, 0.15) is 25.3 Å². The van der Waals surface area contributed by atoms with E-state index in [1.54, 1.807) is 19.3 Å². The quantitative estimate of drug-likeness (QED) is 0.781. The Morgan fingerprint density at radius 1 is 1.25 bits per heavy atom. The summed E-state index contributed by atoms with van der Waals surface area (Å²) in [6, 6.07) is 3.71. The molecule has 0 radical (unpaired) electrons. The highest BCUT2D eigenvalue weighted by Crippen LogP contribution is 2.27. The van der Waals surface area contributed by atoms with Crippen LogP contribution in [-0.2, 0) is 9.84 Å².